The van der Waals surface area contributed by atoms with E-state index >= 15 is 0 Å². The van der Waals surface area contributed by atoms with Crippen molar-refractivity contribution < 1.29 is 9.45 Å². The van der Waals surface area contributed by atoms with Crippen LogP contribution in [0, 0.1) is 10.1 Å². The Labute approximate surface area is 144 Å². The van der Waals surface area contributed by atoms with Crippen LogP contribution in [0.3, 0.4) is 0 Å². The van der Waals surface area contributed by atoms with Crippen molar-refractivity contribution in [2.24, 2.45) is 0 Å². The number of aromatic nitrogens is 1. The van der Waals surface area contributed by atoms with Gasteiger partial charge in [-0.3, -0.25) is 15.0 Å². The highest BCUT2D eigenvalue weighted by Gasteiger charge is 2.18. The standard InChI is InChI=1S/C19H17N3O3/c23-22(24)17-7-3-6-15(10-17)19-11-18(25-20-19)13-21-9-8-14-4-1-2-5-16(14)12-21/h1-7,10-11H,8-9,12-13H2. The summed E-state index contributed by atoms with van der Waals surface area (Å²) in [5, 5.41) is 15.0. The summed E-state index contributed by atoms with van der Waals surface area (Å²) in [4.78, 5) is 12.8. The summed E-state index contributed by atoms with van der Waals surface area (Å²) in [7, 11) is 0. The van der Waals surface area contributed by atoms with Crippen LogP contribution in [0.5, 0.6) is 0 Å². The van der Waals surface area contributed by atoms with Gasteiger partial charge in [0.05, 0.1) is 11.5 Å². The summed E-state index contributed by atoms with van der Waals surface area (Å²) in [5.74, 6) is 0.765. The van der Waals surface area contributed by atoms with Gasteiger partial charge in [0, 0.05) is 36.9 Å². The third kappa shape index (κ3) is 3.29. The topological polar surface area (TPSA) is 72.4 Å². The fourth-order valence-electron chi connectivity index (χ4n) is 3.21. The molecule has 1 aliphatic rings. The largest absolute Gasteiger partial charge is 0.359 e. The summed E-state index contributed by atoms with van der Waals surface area (Å²) in [6.45, 7) is 2.54. The Morgan fingerprint density at radius 2 is 1.96 bits per heavy atom. The lowest BCUT2D eigenvalue weighted by Gasteiger charge is -2.27. The molecule has 25 heavy (non-hydrogen) atoms. The van der Waals surface area contributed by atoms with Crippen LogP contribution in [0.4, 0.5) is 5.69 Å². The van der Waals surface area contributed by atoms with Crippen LogP contribution in [0.15, 0.2) is 59.1 Å². The molecule has 0 N–H and O–H groups in total. The summed E-state index contributed by atoms with van der Waals surface area (Å²) < 4.78 is 5.45. The molecule has 4 rings (SSSR count). The molecule has 0 unspecified atom stereocenters. The van der Waals surface area contributed by atoms with Gasteiger partial charge in [-0.2, -0.15) is 0 Å². The summed E-state index contributed by atoms with van der Waals surface area (Å²) in [6, 6.07) is 16.8. The number of hydrogen-bond donors (Lipinski definition) is 0. The molecule has 0 radical (unpaired) electrons. The quantitative estimate of drug-likeness (QED) is 0.535. The molecule has 0 saturated heterocycles. The van der Waals surface area contributed by atoms with E-state index in [-0.39, 0.29) is 5.69 Å². The van der Waals surface area contributed by atoms with E-state index in [0.717, 1.165) is 25.3 Å². The molecule has 0 spiro atoms. The number of rotatable bonds is 4. The van der Waals surface area contributed by atoms with Crippen LogP contribution in [-0.4, -0.2) is 21.5 Å². The predicted molar refractivity (Wildman–Crippen MR) is 92.9 cm³/mol. The highest BCUT2D eigenvalue weighted by Crippen LogP contribution is 2.25. The van der Waals surface area contributed by atoms with Gasteiger partial charge in [0.15, 0.2) is 5.76 Å². The first-order chi connectivity index (χ1) is 12.2. The van der Waals surface area contributed by atoms with Crippen LogP contribution in [-0.2, 0) is 19.5 Å². The number of fused-ring (bicyclic) bond motifs is 1. The Bertz CT molecular complexity index is 920. The van der Waals surface area contributed by atoms with Crippen molar-refractivity contribution in [2.75, 3.05) is 6.54 Å². The second kappa shape index (κ2) is 6.49. The molecular formula is C19H17N3O3. The Kier molecular flexibility index (Phi) is 4.03. The molecule has 0 amide bonds. The molecule has 0 bridgehead atoms. The molecule has 0 aliphatic carbocycles. The Morgan fingerprint density at radius 3 is 2.80 bits per heavy atom. The van der Waals surface area contributed by atoms with Crippen LogP contribution >= 0.6 is 0 Å². The number of nitro groups is 1. The highest BCUT2D eigenvalue weighted by molar-refractivity contribution is 5.62. The van der Waals surface area contributed by atoms with Crippen molar-refractivity contribution in [1.82, 2.24) is 10.1 Å². The Morgan fingerprint density at radius 1 is 1.12 bits per heavy atom. The first-order valence-electron chi connectivity index (χ1n) is 8.18. The summed E-state index contributed by atoms with van der Waals surface area (Å²) in [6.07, 6.45) is 1.03. The van der Waals surface area contributed by atoms with Crippen molar-refractivity contribution in [2.45, 2.75) is 19.5 Å². The first-order valence-corrected chi connectivity index (χ1v) is 8.18. The number of nitrogens with zero attached hydrogens (tertiary/aromatic N) is 3. The van der Waals surface area contributed by atoms with Crippen LogP contribution < -0.4 is 0 Å². The molecule has 6 nitrogen and oxygen atoms in total. The maximum atomic E-state index is 10.9. The molecular weight excluding hydrogens is 318 g/mol. The molecule has 6 heteroatoms. The smallest absolute Gasteiger partial charge is 0.270 e. The molecule has 2 heterocycles. The number of benzene rings is 2. The van der Waals surface area contributed by atoms with E-state index in [0.29, 0.717) is 17.8 Å². The predicted octanol–water partition coefficient (Wildman–Crippen LogP) is 3.81. The van der Waals surface area contributed by atoms with Gasteiger partial charge in [-0.15, -0.1) is 0 Å². The first kappa shape index (κ1) is 15.5. The SMILES string of the molecule is O=[N+]([O-])c1cccc(-c2cc(CN3CCc4ccccc4C3)on2)c1. The van der Waals surface area contributed by atoms with Crippen LogP contribution in [0.2, 0.25) is 0 Å². The fourth-order valence-corrected chi connectivity index (χ4v) is 3.21. The van der Waals surface area contributed by atoms with E-state index in [1.165, 1.54) is 23.3 Å². The minimum absolute atomic E-state index is 0.0506. The fraction of sp³-hybridized carbons (Fsp3) is 0.211. The van der Waals surface area contributed by atoms with Gasteiger partial charge in [0.25, 0.3) is 5.69 Å². The molecule has 3 aromatic rings. The lowest BCUT2D eigenvalue weighted by atomic mass is 10.00. The van der Waals surface area contributed by atoms with Crippen molar-refractivity contribution in [3.8, 4) is 11.3 Å². The molecule has 1 aliphatic heterocycles. The van der Waals surface area contributed by atoms with Gasteiger partial charge in [-0.25, -0.2) is 0 Å². The maximum Gasteiger partial charge on any atom is 0.270 e. The van der Waals surface area contributed by atoms with Crippen LogP contribution in [0.1, 0.15) is 16.9 Å². The van der Waals surface area contributed by atoms with Gasteiger partial charge in [-0.1, -0.05) is 41.6 Å². The van der Waals surface area contributed by atoms with E-state index in [1.807, 2.05) is 6.07 Å². The molecule has 0 fully saturated rings. The van der Waals surface area contributed by atoms with Crippen molar-refractivity contribution >= 4 is 5.69 Å². The van der Waals surface area contributed by atoms with Crippen molar-refractivity contribution in [1.29, 1.82) is 0 Å². The molecule has 0 saturated carbocycles. The molecule has 126 valence electrons. The minimum atomic E-state index is -0.407. The zero-order chi connectivity index (χ0) is 17.2. The Balaban J connectivity index is 1.49. The minimum Gasteiger partial charge on any atom is -0.359 e. The van der Waals surface area contributed by atoms with E-state index < -0.39 is 4.92 Å². The summed E-state index contributed by atoms with van der Waals surface area (Å²) >= 11 is 0. The lowest BCUT2D eigenvalue weighted by Crippen LogP contribution is -2.29. The summed E-state index contributed by atoms with van der Waals surface area (Å²) in [5.41, 5.74) is 4.12. The van der Waals surface area contributed by atoms with Gasteiger partial charge < -0.3 is 4.52 Å². The zero-order valence-corrected chi connectivity index (χ0v) is 13.6. The molecule has 1 aromatic heterocycles. The van der Waals surface area contributed by atoms with E-state index in [1.54, 1.807) is 12.1 Å². The maximum absolute atomic E-state index is 10.9. The van der Waals surface area contributed by atoms with E-state index in [4.69, 9.17) is 4.52 Å². The monoisotopic (exact) mass is 335 g/mol. The zero-order valence-electron chi connectivity index (χ0n) is 13.6. The third-order valence-electron chi connectivity index (χ3n) is 4.50. The molecule has 2 aromatic carbocycles. The molecule has 0 atom stereocenters. The highest BCUT2D eigenvalue weighted by atomic mass is 16.6. The third-order valence-corrected chi connectivity index (χ3v) is 4.50. The lowest BCUT2D eigenvalue weighted by molar-refractivity contribution is -0.384. The van der Waals surface area contributed by atoms with Crippen molar-refractivity contribution in [3.63, 3.8) is 0 Å². The average Bonchev–Trinajstić information content (AvgIpc) is 3.10. The van der Waals surface area contributed by atoms with Crippen LogP contribution in [0.25, 0.3) is 11.3 Å². The average molecular weight is 335 g/mol. The van der Waals surface area contributed by atoms with Gasteiger partial charge in [0.2, 0.25) is 0 Å². The number of nitro benzene ring substituents is 1. The second-order valence-electron chi connectivity index (χ2n) is 6.22. The Hall–Kier alpha value is -2.99. The number of hydrogen-bond acceptors (Lipinski definition) is 5. The van der Waals surface area contributed by atoms with E-state index in [2.05, 4.69) is 34.3 Å². The second-order valence-corrected chi connectivity index (χ2v) is 6.22. The number of non-ortho nitro benzene ring substituents is 1. The normalized spacial score (nSPS) is 14.2. The van der Waals surface area contributed by atoms with E-state index in [9.17, 15) is 10.1 Å². The van der Waals surface area contributed by atoms with Crippen molar-refractivity contribution in [3.05, 3.63) is 81.6 Å². The van der Waals surface area contributed by atoms with Gasteiger partial charge >= 0.3 is 0 Å². The van der Waals surface area contributed by atoms with Gasteiger partial charge in [-0.05, 0) is 17.5 Å². The van der Waals surface area contributed by atoms with Gasteiger partial charge in [0.1, 0.15) is 5.69 Å².